The van der Waals surface area contributed by atoms with Gasteiger partial charge in [0.25, 0.3) is 11.1 Å². The van der Waals surface area contributed by atoms with E-state index >= 15 is 0 Å². The number of hydrogen-bond acceptors (Lipinski definition) is 3. The molecule has 0 spiro atoms. The Morgan fingerprint density at radius 1 is 1.09 bits per heavy atom. The van der Waals surface area contributed by atoms with Crippen molar-refractivity contribution < 1.29 is 9.55 Å². The van der Waals surface area contributed by atoms with Crippen LogP contribution >= 0.6 is 11.8 Å². The number of rotatable bonds is 5. The molecule has 0 aliphatic carbocycles. The van der Waals surface area contributed by atoms with Gasteiger partial charge in [-0.15, -0.1) is 0 Å². The summed E-state index contributed by atoms with van der Waals surface area (Å²) >= 11 is 1.56. The second kappa shape index (κ2) is 6.75. The van der Waals surface area contributed by atoms with E-state index in [0.717, 1.165) is 20.9 Å². The number of para-hydroxylation sites is 1. The monoisotopic (exact) mass is 313 g/mol. The molecule has 0 radical (unpaired) electrons. The van der Waals surface area contributed by atoms with Crippen molar-refractivity contribution in [1.29, 1.82) is 0 Å². The zero-order valence-electron chi connectivity index (χ0n) is 12.1. The molecule has 3 rings (SSSR count). The van der Waals surface area contributed by atoms with Gasteiger partial charge in [-0.3, -0.25) is 4.79 Å². The fourth-order valence-electron chi connectivity index (χ4n) is 2.44. The van der Waals surface area contributed by atoms with Crippen molar-refractivity contribution in [2.45, 2.75) is 23.1 Å². The Balaban J connectivity index is 1.46. The summed E-state index contributed by atoms with van der Waals surface area (Å²) in [5.41, 5.74) is 1.72. The summed E-state index contributed by atoms with van der Waals surface area (Å²) < 4.78 is 1.04. The summed E-state index contributed by atoms with van der Waals surface area (Å²) in [6, 6.07) is 17.2. The summed E-state index contributed by atoms with van der Waals surface area (Å²) in [6.45, 7) is 0.510. The number of hydrogen-bond donors (Lipinski definition) is 1. The highest BCUT2D eigenvalue weighted by Crippen LogP contribution is 2.42. The molecule has 1 aliphatic heterocycles. The molecule has 0 saturated carbocycles. The number of nitrogens with zero attached hydrogens (tertiary/aromatic N) is 1. The second-order valence-electron chi connectivity index (χ2n) is 5.17. The lowest BCUT2D eigenvalue weighted by molar-refractivity contribution is -0.476. The zero-order valence-corrected chi connectivity index (χ0v) is 12.9. The molecule has 4 nitrogen and oxygen atoms in total. The number of carbonyl (C=O) groups is 1. The van der Waals surface area contributed by atoms with Crippen molar-refractivity contribution >= 4 is 23.4 Å². The summed E-state index contributed by atoms with van der Waals surface area (Å²) in [5, 5.41) is 2.73. The van der Waals surface area contributed by atoms with Gasteiger partial charge in [0.2, 0.25) is 5.91 Å². The summed E-state index contributed by atoms with van der Waals surface area (Å²) in [7, 11) is 0. The van der Waals surface area contributed by atoms with Crippen LogP contribution in [0.15, 0.2) is 59.5 Å². The molecule has 22 heavy (non-hydrogen) atoms. The molecule has 0 fully saturated rings. The molecule has 5 heteroatoms. The van der Waals surface area contributed by atoms with E-state index in [1.807, 2.05) is 54.6 Å². The highest BCUT2D eigenvalue weighted by molar-refractivity contribution is 8.00. The lowest BCUT2D eigenvalue weighted by Gasteiger charge is -2.05. The first-order valence-electron chi connectivity index (χ1n) is 7.27. The Hall–Kier alpha value is -2.14. The minimum atomic E-state index is -0.158. The predicted molar refractivity (Wildman–Crippen MR) is 87.1 cm³/mol. The third-order valence-electron chi connectivity index (χ3n) is 3.55. The Morgan fingerprint density at radius 3 is 2.59 bits per heavy atom. The molecule has 1 N–H and O–H groups in total. The fourth-order valence-corrected chi connectivity index (χ4v) is 3.62. The Bertz CT molecular complexity index is 688. The van der Waals surface area contributed by atoms with Gasteiger partial charge in [-0.1, -0.05) is 42.5 Å². The van der Waals surface area contributed by atoms with Crippen molar-refractivity contribution in [3.63, 3.8) is 0 Å². The molecular formula is C17H17N2O2S+. The first-order chi connectivity index (χ1) is 10.7. The molecule has 1 unspecified atom stereocenters. The molecule has 1 amide bonds. The van der Waals surface area contributed by atoms with Crippen LogP contribution in [-0.2, 0) is 11.2 Å². The van der Waals surface area contributed by atoms with E-state index in [-0.39, 0.29) is 11.3 Å². The average Bonchev–Trinajstić information content (AvgIpc) is 2.85. The van der Waals surface area contributed by atoms with E-state index in [0.29, 0.717) is 19.4 Å². The van der Waals surface area contributed by atoms with Gasteiger partial charge in [0.15, 0.2) is 0 Å². The van der Waals surface area contributed by atoms with E-state index in [2.05, 4.69) is 5.32 Å². The van der Waals surface area contributed by atoms with Crippen molar-refractivity contribution in [3.05, 3.63) is 65.1 Å². The van der Waals surface area contributed by atoms with E-state index in [4.69, 9.17) is 0 Å². The van der Waals surface area contributed by atoms with Crippen LogP contribution in [-0.4, -0.2) is 22.6 Å². The van der Waals surface area contributed by atoms with Gasteiger partial charge in [-0.25, -0.2) is 0 Å². The molecule has 112 valence electrons. The van der Waals surface area contributed by atoms with Crippen LogP contribution in [0.3, 0.4) is 0 Å². The SMILES string of the molecule is O=C(Cc1ccccc1)NCCC1Sc2ccccc2[N+]1=O. The lowest BCUT2D eigenvalue weighted by Crippen LogP contribution is -2.29. The molecule has 0 saturated heterocycles. The van der Waals surface area contributed by atoms with Gasteiger partial charge < -0.3 is 5.32 Å². The maximum atomic E-state index is 12.1. The van der Waals surface area contributed by atoms with Crippen molar-refractivity contribution in [2.24, 2.45) is 0 Å². The van der Waals surface area contributed by atoms with Crippen molar-refractivity contribution in [3.8, 4) is 0 Å². The van der Waals surface area contributed by atoms with Crippen LogP contribution in [0.2, 0.25) is 0 Å². The Kier molecular flexibility index (Phi) is 4.53. The maximum Gasteiger partial charge on any atom is 0.271 e. The topological polar surface area (TPSA) is 49.2 Å². The Labute approximate surface area is 133 Å². The van der Waals surface area contributed by atoms with Crippen molar-refractivity contribution in [2.75, 3.05) is 6.54 Å². The Morgan fingerprint density at radius 2 is 1.82 bits per heavy atom. The quantitative estimate of drug-likeness (QED) is 0.862. The van der Waals surface area contributed by atoms with Gasteiger partial charge in [0.1, 0.15) is 0 Å². The first kappa shape index (κ1) is 14.8. The van der Waals surface area contributed by atoms with Crippen molar-refractivity contribution in [1.82, 2.24) is 5.32 Å². The number of carbonyl (C=O) groups excluding carboxylic acids is 1. The smallest absolute Gasteiger partial charge is 0.271 e. The molecular weight excluding hydrogens is 296 g/mol. The molecule has 1 atom stereocenters. The molecule has 1 heterocycles. The number of thioether (sulfide) groups is 1. The van der Waals surface area contributed by atoms with E-state index in [1.165, 1.54) is 0 Å². The van der Waals surface area contributed by atoms with Gasteiger partial charge >= 0.3 is 0 Å². The first-order valence-corrected chi connectivity index (χ1v) is 8.14. The largest absolute Gasteiger partial charge is 0.356 e. The standard InChI is InChI=1S/C17H16N2O2S/c20-16(12-13-6-2-1-3-7-13)18-11-10-17-19(21)14-8-4-5-9-15(14)22-17/h1-9,17H,10-12H2/p+1. The molecule has 1 aliphatic rings. The van der Waals surface area contributed by atoms with Crippen LogP contribution < -0.4 is 5.32 Å². The lowest BCUT2D eigenvalue weighted by atomic mass is 10.1. The van der Waals surface area contributed by atoms with Crippen LogP contribution in [0, 0.1) is 4.91 Å². The number of nitrogens with one attached hydrogen (secondary N) is 1. The van der Waals surface area contributed by atoms with Gasteiger partial charge in [0, 0.05) is 23.9 Å². The zero-order chi connectivity index (χ0) is 15.4. The summed E-state index contributed by atoms with van der Waals surface area (Å²) in [5.74, 6) is -0.0100. The molecule has 0 aromatic heterocycles. The van der Waals surface area contributed by atoms with Crippen LogP contribution in [0.1, 0.15) is 12.0 Å². The number of benzene rings is 2. The summed E-state index contributed by atoms with van der Waals surface area (Å²) in [6.07, 6.45) is 1.00. The fraction of sp³-hybridized carbons (Fsp3) is 0.235. The molecule has 0 bridgehead atoms. The number of fused-ring (bicyclic) bond motifs is 1. The van der Waals surface area contributed by atoms with Gasteiger partial charge in [0.05, 0.1) is 16.1 Å². The normalized spacial score (nSPS) is 16.4. The minimum absolute atomic E-state index is 0.0100. The van der Waals surface area contributed by atoms with Gasteiger partial charge in [-0.2, -0.15) is 0 Å². The van der Waals surface area contributed by atoms with Gasteiger partial charge in [-0.05, 0) is 23.4 Å². The van der Waals surface area contributed by atoms with E-state index in [1.54, 1.807) is 11.8 Å². The maximum absolute atomic E-state index is 12.1. The number of amides is 1. The highest BCUT2D eigenvalue weighted by atomic mass is 32.2. The third kappa shape index (κ3) is 3.36. The minimum Gasteiger partial charge on any atom is -0.356 e. The van der Waals surface area contributed by atoms with E-state index < -0.39 is 0 Å². The average molecular weight is 313 g/mol. The number of nitroso groups, excluding NO2 is 1. The second-order valence-corrected chi connectivity index (χ2v) is 6.39. The molecule has 2 aromatic carbocycles. The van der Waals surface area contributed by atoms with E-state index in [9.17, 15) is 9.70 Å². The highest BCUT2D eigenvalue weighted by Gasteiger charge is 2.38. The van der Waals surface area contributed by atoms with Crippen LogP contribution in [0.4, 0.5) is 5.69 Å². The van der Waals surface area contributed by atoms with Crippen LogP contribution in [0.25, 0.3) is 0 Å². The molecule has 2 aromatic rings. The third-order valence-corrected chi connectivity index (χ3v) is 4.85. The predicted octanol–water partition coefficient (Wildman–Crippen LogP) is 3.28. The van der Waals surface area contributed by atoms with Crippen LogP contribution in [0.5, 0.6) is 0 Å². The summed E-state index contributed by atoms with van der Waals surface area (Å²) in [4.78, 5) is 25.0.